The summed E-state index contributed by atoms with van der Waals surface area (Å²) in [4.78, 5) is 55.1. The second-order valence-corrected chi connectivity index (χ2v) is 9.62. The lowest BCUT2D eigenvalue weighted by atomic mass is 9.72. The third kappa shape index (κ3) is 7.62. The number of hydrogen-bond donors (Lipinski definition) is 4. The predicted molar refractivity (Wildman–Crippen MR) is 141 cm³/mol. The van der Waals surface area contributed by atoms with Crippen LogP contribution in [0.15, 0.2) is 48.5 Å². The molecule has 2 amide bonds. The average Bonchev–Trinajstić information content (AvgIpc) is 2.92. The van der Waals surface area contributed by atoms with Gasteiger partial charge in [-0.25, -0.2) is 9.78 Å². The molecule has 5 atom stereocenters. The number of methoxy groups -OCH3 is 1. The Hall–Kier alpha value is -3.81. The van der Waals surface area contributed by atoms with E-state index < -0.39 is 61.1 Å². The molecule has 0 aliphatic carbocycles. The van der Waals surface area contributed by atoms with Crippen LogP contribution in [-0.4, -0.2) is 78.3 Å². The number of aliphatic hydroxyl groups is 1. The van der Waals surface area contributed by atoms with Gasteiger partial charge >= 0.3 is 19.1 Å². The molecule has 2 aromatic rings. The molecule has 3 rings (SSSR count). The van der Waals surface area contributed by atoms with E-state index in [-0.39, 0.29) is 18.0 Å². The molecule has 208 valence electrons. The lowest BCUT2D eigenvalue weighted by molar-refractivity contribution is -0.162. The standard InChI is InChI=1S/C26H33BN4O8/c1-14(2)13-19(27-38-22(26(36)37-4)20(28)25(35)39-27)30-24(34)21(15(3)32)31-23(33)18-12-8-11-17(29-18)16-9-6-5-7-10-16/h5-12,14-15,19-22,32H,13,28H2,1-4H3,(H,30,34)(H,31,33)/t15-,19+,20-,21?,22-/m1/s1. The third-order valence-electron chi connectivity index (χ3n) is 6.03. The van der Waals surface area contributed by atoms with Crippen molar-refractivity contribution in [3.8, 4) is 11.3 Å². The van der Waals surface area contributed by atoms with Crippen LogP contribution in [-0.2, 0) is 28.4 Å². The number of nitrogens with one attached hydrogen (secondary N) is 2. The van der Waals surface area contributed by atoms with Gasteiger partial charge in [-0.3, -0.25) is 14.4 Å². The van der Waals surface area contributed by atoms with E-state index in [1.807, 2.05) is 44.2 Å². The zero-order valence-electron chi connectivity index (χ0n) is 22.2. The highest BCUT2D eigenvalue weighted by Gasteiger charge is 2.49. The van der Waals surface area contributed by atoms with Gasteiger partial charge < -0.3 is 35.5 Å². The first-order valence-corrected chi connectivity index (χ1v) is 12.5. The van der Waals surface area contributed by atoms with Crippen molar-refractivity contribution in [3.05, 3.63) is 54.2 Å². The first kappa shape index (κ1) is 29.7. The number of pyridine rings is 1. The molecule has 1 aliphatic heterocycles. The Balaban J connectivity index is 1.77. The minimum Gasteiger partial charge on any atom is -0.507 e. The van der Waals surface area contributed by atoms with Crippen LogP contribution >= 0.6 is 0 Å². The van der Waals surface area contributed by atoms with Gasteiger partial charge in [-0.1, -0.05) is 50.2 Å². The Kier molecular flexibility index (Phi) is 10.2. The van der Waals surface area contributed by atoms with Crippen LogP contribution in [0.2, 0.25) is 0 Å². The summed E-state index contributed by atoms with van der Waals surface area (Å²) in [6.07, 6.45) is -2.45. The van der Waals surface area contributed by atoms with Gasteiger partial charge in [0.2, 0.25) is 5.91 Å². The van der Waals surface area contributed by atoms with Crippen LogP contribution < -0.4 is 16.4 Å². The van der Waals surface area contributed by atoms with Crippen molar-refractivity contribution >= 4 is 30.9 Å². The lowest BCUT2D eigenvalue weighted by Gasteiger charge is -2.35. The van der Waals surface area contributed by atoms with Crippen LogP contribution in [0.5, 0.6) is 0 Å². The van der Waals surface area contributed by atoms with Crippen molar-refractivity contribution in [2.24, 2.45) is 11.7 Å². The van der Waals surface area contributed by atoms with E-state index in [9.17, 15) is 24.3 Å². The molecule has 12 nitrogen and oxygen atoms in total. The summed E-state index contributed by atoms with van der Waals surface area (Å²) >= 11 is 0. The summed E-state index contributed by atoms with van der Waals surface area (Å²) in [5, 5.41) is 15.5. The fourth-order valence-corrected chi connectivity index (χ4v) is 4.04. The smallest absolute Gasteiger partial charge is 0.507 e. The zero-order chi connectivity index (χ0) is 28.7. The average molecular weight is 540 g/mol. The summed E-state index contributed by atoms with van der Waals surface area (Å²) in [6.45, 7) is 5.08. The Bertz CT molecular complexity index is 1180. The summed E-state index contributed by atoms with van der Waals surface area (Å²) in [5.74, 6) is -4.13. The third-order valence-corrected chi connectivity index (χ3v) is 6.03. The van der Waals surface area contributed by atoms with Gasteiger partial charge in [0.05, 0.1) is 24.8 Å². The molecule has 0 spiro atoms. The number of ether oxygens (including phenoxy) is 1. The van der Waals surface area contributed by atoms with Crippen LogP contribution in [0.4, 0.5) is 0 Å². The first-order valence-electron chi connectivity index (χ1n) is 12.5. The van der Waals surface area contributed by atoms with Gasteiger partial charge in [-0.2, -0.15) is 0 Å². The molecule has 0 saturated carbocycles. The first-order chi connectivity index (χ1) is 18.5. The van der Waals surface area contributed by atoms with Crippen LogP contribution in [0, 0.1) is 5.92 Å². The Morgan fingerprint density at radius 3 is 2.41 bits per heavy atom. The predicted octanol–water partition coefficient (Wildman–Crippen LogP) is 0.228. The van der Waals surface area contributed by atoms with Gasteiger partial charge in [0.15, 0.2) is 6.10 Å². The number of carbonyl (C=O) groups excluding carboxylic acids is 4. The molecule has 1 unspecified atom stereocenters. The van der Waals surface area contributed by atoms with Crippen molar-refractivity contribution in [2.45, 2.75) is 57.4 Å². The van der Waals surface area contributed by atoms with Gasteiger partial charge in [0.1, 0.15) is 17.8 Å². The number of nitrogens with zero attached hydrogens (tertiary/aromatic N) is 1. The fraction of sp³-hybridized carbons (Fsp3) is 0.423. The monoisotopic (exact) mass is 540 g/mol. The second-order valence-electron chi connectivity index (χ2n) is 9.62. The van der Waals surface area contributed by atoms with E-state index in [1.54, 1.807) is 12.1 Å². The summed E-state index contributed by atoms with van der Waals surface area (Å²) < 4.78 is 15.5. The minimum atomic E-state index is -1.43. The SMILES string of the molecule is COC(=O)[C@@H]1OB([C@H](CC(C)C)NC(=O)C(NC(=O)c2cccc(-c3ccccc3)n2)[C@@H](C)O)OC(=O)[C@@H]1N. The Labute approximate surface area is 226 Å². The van der Waals surface area contributed by atoms with E-state index in [1.165, 1.54) is 13.0 Å². The van der Waals surface area contributed by atoms with Crippen molar-refractivity contribution in [1.29, 1.82) is 0 Å². The maximum atomic E-state index is 13.3. The van der Waals surface area contributed by atoms with Gasteiger partial charge in [0, 0.05) is 5.56 Å². The molecule has 1 saturated heterocycles. The molecule has 2 heterocycles. The molecular formula is C26H33BN4O8. The quantitative estimate of drug-likeness (QED) is 0.241. The van der Waals surface area contributed by atoms with Crippen molar-refractivity contribution in [2.75, 3.05) is 7.11 Å². The molecule has 39 heavy (non-hydrogen) atoms. The molecule has 1 aromatic heterocycles. The largest absolute Gasteiger partial charge is 0.552 e. The molecular weight excluding hydrogens is 507 g/mol. The van der Waals surface area contributed by atoms with Crippen LogP contribution in [0.25, 0.3) is 11.3 Å². The van der Waals surface area contributed by atoms with Gasteiger partial charge in [-0.15, -0.1) is 0 Å². The highest BCUT2D eigenvalue weighted by molar-refractivity contribution is 6.50. The zero-order valence-corrected chi connectivity index (χ0v) is 22.2. The summed E-state index contributed by atoms with van der Waals surface area (Å²) in [6, 6.07) is 11.4. The summed E-state index contributed by atoms with van der Waals surface area (Å²) in [5.41, 5.74) is 7.15. The highest BCUT2D eigenvalue weighted by Crippen LogP contribution is 2.19. The van der Waals surface area contributed by atoms with Gasteiger partial charge in [-0.05, 0) is 31.4 Å². The normalized spacial score (nSPS) is 19.5. The number of nitrogens with two attached hydrogens (primary N) is 1. The van der Waals surface area contributed by atoms with Crippen LogP contribution in [0.1, 0.15) is 37.7 Å². The van der Waals surface area contributed by atoms with E-state index in [0.717, 1.165) is 12.7 Å². The Morgan fingerprint density at radius 2 is 1.79 bits per heavy atom. The van der Waals surface area contributed by atoms with E-state index in [2.05, 4.69) is 20.4 Å². The number of aliphatic hydroxyl groups excluding tert-OH is 1. The maximum absolute atomic E-state index is 13.3. The second kappa shape index (κ2) is 13.3. The number of benzene rings is 1. The number of aromatic nitrogens is 1. The molecule has 1 aromatic carbocycles. The Morgan fingerprint density at radius 1 is 1.10 bits per heavy atom. The number of rotatable bonds is 10. The van der Waals surface area contributed by atoms with E-state index in [4.69, 9.17) is 15.0 Å². The highest BCUT2D eigenvalue weighted by atomic mass is 16.7. The molecule has 13 heteroatoms. The fourth-order valence-electron chi connectivity index (χ4n) is 4.04. The number of carbonyl (C=O) groups is 4. The molecule has 1 aliphatic rings. The number of hydrogen-bond acceptors (Lipinski definition) is 10. The molecule has 1 fully saturated rings. The summed E-state index contributed by atoms with van der Waals surface area (Å²) in [7, 11) is -0.233. The van der Waals surface area contributed by atoms with Crippen molar-refractivity contribution < 1.29 is 38.3 Å². The van der Waals surface area contributed by atoms with Crippen LogP contribution in [0.3, 0.4) is 0 Å². The molecule has 0 bridgehead atoms. The molecule has 5 N–H and O–H groups in total. The van der Waals surface area contributed by atoms with E-state index in [0.29, 0.717) is 5.69 Å². The van der Waals surface area contributed by atoms with E-state index >= 15 is 0 Å². The number of esters is 1. The maximum Gasteiger partial charge on any atom is 0.552 e. The van der Waals surface area contributed by atoms with Gasteiger partial charge in [0.25, 0.3) is 5.91 Å². The minimum absolute atomic E-state index is 0.00528. The van der Waals surface area contributed by atoms with Crippen molar-refractivity contribution in [1.82, 2.24) is 15.6 Å². The lowest BCUT2D eigenvalue weighted by Crippen LogP contribution is -2.64. The van der Waals surface area contributed by atoms with Crippen molar-refractivity contribution in [3.63, 3.8) is 0 Å². The topological polar surface area (TPSA) is 179 Å². The molecule has 0 radical (unpaired) electrons. The number of amides is 2.